The Hall–Kier alpha value is -2.30. The molecule has 2 nitrogen and oxygen atoms in total. The molecule has 4 atom stereocenters. The molecule has 2 aliphatic heterocycles. The summed E-state index contributed by atoms with van der Waals surface area (Å²) in [7, 11) is -0.333. The van der Waals surface area contributed by atoms with E-state index >= 15 is 4.39 Å². The second-order valence-corrected chi connectivity index (χ2v) is 12.4. The highest BCUT2D eigenvalue weighted by atomic mass is 32.2. The SMILES string of the molecule is CC(C)C1(Oc2cc([S+](c3ccccc3)c3ccccc3)ccc2F)CC2C3CCC(O3)C2C1. The van der Waals surface area contributed by atoms with Gasteiger partial charge in [-0.15, -0.1) is 0 Å². The fourth-order valence-electron chi connectivity index (χ4n) is 6.42. The molecule has 176 valence electrons. The molecule has 0 radical (unpaired) electrons. The number of hydrogen-bond donors (Lipinski definition) is 0. The first kappa shape index (κ1) is 22.2. The number of fused-ring (bicyclic) bond motifs is 5. The lowest BCUT2D eigenvalue weighted by Gasteiger charge is -2.36. The molecule has 2 bridgehead atoms. The van der Waals surface area contributed by atoms with Crippen LogP contribution in [0.25, 0.3) is 0 Å². The second kappa shape index (κ2) is 8.73. The van der Waals surface area contributed by atoms with E-state index in [9.17, 15) is 0 Å². The molecule has 34 heavy (non-hydrogen) atoms. The first-order valence-electron chi connectivity index (χ1n) is 12.5. The molecule has 2 saturated heterocycles. The van der Waals surface area contributed by atoms with Gasteiger partial charge < -0.3 is 9.47 Å². The van der Waals surface area contributed by atoms with Crippen LogP contribution in [0.15, 0.2) is 93.5 Å². The molecule has 4 heteroatoms. The monoisotopic (exact) mass is 475 g/mol. The van der Waals surface area contributed by atoms with E-state index in [1.54, 1.807) is 6.07 Å². The molecular formula is C30H32FO2S+. The lowest BCUT2D eigenvalue weighted by molar-refractivity contribution is -0.00899. The van der Waals surface area contributed by atoms with Crippen molar-refractivity contribution in [2.75, 3.05) is 0 Å². The predicted octanol–water partition coefficient (Wildman–Crippen LogP) is 7.28. The molecule has 3 aromatic carbocycles. The van der Waals surface area contributed by atoms with Crippen molar-refractivity contribution in [2.45, 2.75) is 72.0 Å². The van der Waals surface area contributed by atoms with Crippen LogP contribution in [0.1, 0.15) is 39.5 Å². The summed E-state index contributed by atoms with van der Waals surface area (Å²) in [5.41, 5.74) is -0.336. The first-order chi connectivity index (χ1) is 16.5. The Balaban J connectivity index is 1.36. The normalized spacial score (nSPS) is 29.7. The molecule has 3 fully saturated rings. The Morgan fingerprint density at radius 2 is 1.38 bits per heavy atom. The van der Waals surface area contributed by atoms with Crippen LogP contribution in [0, 0.1) is 23.6 Å². The van der Waals surface area contributed by atoms with Crippen molar-refractivity contribution in [3.8, 4) is 5.75 Å². The third-order valence-electron chi connectivity index (χ3n) is 8.21. The van der Waals surface area contributed by atoms with Crippen LogP contribution in [-0.4, -0.2) is 17.8 Å². The number of rotatable bonds is 6. The molecule has 0 spiro atoms. The molecule has 0 N–H and O–H groups in total. The molecule has 1 saturated carbocycles. The van der Waals surface area contributed by atoms with Crippen molar-refractivity contribution in [1.29, 1.82) is 0 Å². The Morgan fingerprint density at radius 3 is 1.91 bits per heavy atom. The van der Waals surface area contributed by atoms with Gasteiger partial charge in [0.1, 0.15) is 5.60 Å². The van der Waals surface area contributed by atoms with E-state index < -0.39 is 0 Å². The number of ether oxygens (including phenoxy) is 2. The van der Waals surface area contributed by atoms with Crippen LogP contribution in [0.5, 0.6) is 5.75 Å². The summed E-state index contributed by atoms with van der Waals surface area (Å²) in [5.74, 6) is 1.53. The maximum atomic E-state index is 15.2. The molecular weight excluding hydrogens is 443 g/mol. The van der Waals surface area contributed by atoms with Crippen molar-refractivity contribution in [2.24, 2.45) is 17.8 Å². The highest BCUT2D eigenvalue weighted by Gasteiger charge is 2.60. The van der Waals surface area contributed by atoms with E-state index in [4.69, 9.17) is 9.47 Å². The summed E-state index contributed by atoms with van der Waals surface area (Å²) < 4.78 is 28.2. The lowest BCUT2D eigenvalue weighted by Crippen LogP contribution is -2.40. The van der Waals surface area contributed by atoms with Gasteiger partial charge >= 0.3 is 0 Å². The second-order valence-electron chi connectivity index (χ2n) is 10.4. The third-order valence-corrected chi connectivity index (χ3v) is 10.4. The van der Waals surface area contributed by atoms with Crippen LogP contribution in [0.3, 0.4) is 0 Å². The summed E-state index contributed by atoms with van der Waals surface area (Å²) in [6.45, 7) is 4.45. The van der Waals surface area contributed by atoms with Gasteiger partial charge in [0, 0.05) is 6.07 Å². The molecule has 6 rings (SSSR count). The molecule has 3 aromatic rings. The minimum Gasteiger partial charge on any atom is -0.484 e. The van der Waals surface area contributed by atoms with Gasteiger partial charge in [-0.3, -0.25) is 0 Å². The molecule has 3 aliphatic rings. The summed E-state index contributed by atoms with van der Waals surface area (Å²) in [5, 5.41) is 0. The van der Waals surface area contributed by atoms with E-state index in [1.165, 1.54) is 22.6 Å². The summed E-state index contributed by atoms with van der Waals surface area (Å²) in [6, 6.07) is 26.5. The van der Waals surface area contributed by atoms with E-state index in [0.717, 1.165) is 17.7 Å². The van der Waals surface area contributed by atoms with Crippen molar-refractivity contribution in [1.82, 2.24) is 0 Å². The van der Waals surface area contributed by atoms with Gasteiger partial charge in [0.15, 0.2) is 26.3 Å². The largest absolute Gasteiger partial charge is 0.484 e. The predicted molar refractivity (Wildman–Crippen MR) is 134 cm³/mol. The van der Waals surface area contributed by atoms with Gasteiger partial charge in [-0.05, 0) is 79.8 Å². The van der Waals surface area contributed by atoms with Gasteiger partial charge in [0.25, 0.3) is 0 Å². The highest BCUT2D eigenvalue weighted by molar-refractivity contribution is 7.97. The van der Waals surface area contributed by atoms with Crippen molar-refractivity contribution in [3.05, 3.63) is 84.7 Å². The van der Waals surface area contributed by atoms with Crippen molar-refractivity contribution in [3.63, 3.8) is 0 Å². The van der Waals surface area contributed by atoms with E-state index in [-0.39, 0.29) is 22.3 Å². The third kappa shape index (κ3) is 3.76. The van der Waals surface area contributed by atoms with Crippen LogP contribution in [0.4, 0.5) is 4.39 Å². The van der Waals surface area contributed by atoms with Crippen LogP contribution >= 0.6 is 0 Å². The zero-order chi connectivity index (χ0) is 23.3. The smallest absolute Gasteiger partial charge is 0.170 e. The molecule has 0 aromatic heterocycles. The highest BCUT2D eigenvalue weighted by Crippen LogP contribution is 2.57. The Morgan fingerprint density at radius 1 is 0.824 bits per heavy atom. The topological polar surface area (TPSA) is 18.5 Å². The fourth-order valence-corrected chi connectivity index (χ4v) is 8.52. The van der Waals surface area contributed by atoms with Crippen molar-refractivity contribution < 1.29 is 13.9 Å². The molecule has 4 unspecified atom stereocenters. The Kier molecular flexibility index (Phi) is 5.69. The fraction of sp³-hybridized carbons (Fsp3) is 0.400. The Labute approximate surface area is 204 Å². The van der Waals surface area contributed by atoms with E-state index in [1.807, 2.05) is 24.3 Å². The van der Waals surface area contributed by atoms with Gasteiger partial charge in [-0.25, -0.2) is 4.39 Å². The van der Waals surface area contributed by atoms with Crippen LogP contribution in [-0.2, 0) is 15.6 Å². The number of benzene rings is 3. The van der Waals surface area contributed by atoms with Gasteiger partial charge in [0.2, 0.25) is 0 Å². The standard InChI is InChI=1S/C30H32FO2S/c1-20(2)30(18-24-25(19-30)28-16-15-27(24)32-28)33-29-17-23(13-14-26(29)31)34(21-9-5-3-6-10-21)22-11-7-4-8-12-22/h3-14,17,20,24-25,27-28H,15-16,18-19H2,1-2H3/q+1. The summed E-state index contributed by atoms with van der Waals surface area (Å²) >= 11 is 0. The first-order valence-corrected chi connectivity index (χ1v) is 13.7. The van der Waals surface area contributed by atoms with Crippen molar-refractivity contribution >= 4 is 10.9 Å². The molecule has 1 aliphatic carbocycles. The minimum absolute atomic E-state index is 0.273. The average Bonchev–Trinajstić information content (AvgIpc) is 3.56. The average molecular weight is 476 g/mol. The molecule has 2 heterocycles. The zero-order valence-corrected chi connectivity index (χ0v) is 20.6. The minimum atomic E-state index is -0.336. The van der Waals surface area contributed by atoms with E-state index in [2.05, 4.69) is 62.4 Å². The maximum absolute atomic E-state index is 15.2. The van der Waals surface area contributed by atoms with Gasteiger partial charge in [-0.2, -0.15) is 0 Å². The summed E-state index contributed by atoms with van der Waals surface area (Å²) in [4.78, 5) is 3.51. The van der Waals surface area contributed by atoms with Crippen LogP contribution in [0.2, 0.25) is 0 Å². The Bertz CT molecular complexity index is 1090. The molecule has 0 amide bonds. The number of halogens is 1. The van der Waals surface area contributed by atoms with E-state index in [0.29, 0.717) is 35.7 Å². The van der Waals surface area contributed by atoms with Gasteiger partial charge in [-0.1, -0.05) is 50.2 Å². The quantitative estimate of drug-likeness (QED) is 0.349. The van der Waals surface area contributed by atoms with Gasteiger partial charge in [0.05, 0.1) is 23.1 Å². The lowest BCUT2D eigenvalue weighted by atomic mass is 9.82. The maximum Gasteiger partial charge on any atom is 0.170 e. The van der Waals surface area contributed by atoms with Crippen LogP contribution < -0.4 is 4.74 Å². The number of hydrogen-bond acceptors (Lipinski definition) is 2. The zero-order valence-electron chi connectivity index (χ0n) is 19.8. The summed E-state index contributed by atoms with van der Waals surface area (Å²) in [6.07, 6.45) is 5.00.